The highest BCUT2D eigenvalue weighted by molar-refractivity contribution is 8.76. The number of imide groups is 1. The number of carboxylic acid groups (broad SMARTS) is 1. The molecule has 0 radical (unpaired) electrons. The van der Waals surface area contributed by atoms with Gasteiger partial charge in [0.25, 0.3) is 0 Å². The molecule has 1 saturated heterocycles. The first-order valence-electron chi connectivity index (χ1n) is 6.02. The van der Waals surface area contributed by atoms with E-state index < -0.39 is 5.97 Å². The van der Waals surface area contributed by atoms with E-state index in [9.17, 15) is 14.4 Å². The third-order valence-electron chi connectivity index (χ3n) is 2.93. The molecule has 106 valence electrons. The van der Waals surface area contributed by atoms with Gasteiger partial charge in [-0.05, 0) is 18.6 Å². The van der Waals surface area contributed by atoms with E-state index in [4.69, 9.17) is 5.11 Å². The highest BCUT2D eigenvalue weighted by Crippen LogP contribution is 2.40. The Balaban J connectivity index is 2.05. The minimum atomic E-state index is -0.980. The van der Waals surface area contributed by atoms with E-state index in [1.165, 1.54) is 10.8 Å². The van der Waals surface area contributed by atoms with E-state index in [1.807, 2.05) is 6.08 Å². The van der Waals surface area contributed by atoms with Crippen LogP contribution in [0.4, 0.5) is 0 Å². The molecule has 1 fully saturated rings. The first-order chi connectivity index (χ1) is 9.54. The van der Waals surface area contributed by atoms with Gasteiger partial charge in [0.2, 0.25) is 11.8 Å². The molecule has 0 saturated carbocycles. The SMILES string of the molecule is CC=C1C(C(=O)O)=CC=CC1SSN1C(=O)CCC1=O. The minimum absolute atomic E-state index is 0.191. The average molecular weight is 311 g/mol. The van der Waals surface area contributed by atoms with Gasteiger partial charge in [-0.3, -0.25) is 9.59 Å². The highest BCUT2D eigenvalue weighted by atomic mass is 33.1. The van der Waals surface area contributed by atoms with E-state index in [0.29, 0.717) is 5.57 Å². The van der Waals surface area contributed by atoms with Crippen molar-refractivity contribution in [3.05, 3.63) is 35.5 Å². The molecule has 1 N–H and O–H groups in total. The standard InChI is InChI=1S/C13H13NO4S2/c1-2-8-9(13(17)18)4-3-5-10(8)19-20-14-11(15)6-7-12(14)16/h2-5,10H,6-7H2,1H3,(H,17,18). The van der Waals surface area contributed by atoms with Crippen molar-refractivity contribution in [2.45, 2.75) is 25.0 Å². The first kappa shape index (κ1) is 14.9. The van der Waals surface area contributed by atoms with Crippen LogP contribution in [-0.4, -0.2) is 32.4 Å². The molecule has 0 aromatic rings. The second kappa shape index (κ2) is 6.32. The van der Waals surface area contributed by atoms with Crippen molar-refractivity contribution < 1.29 is 19.5 Å². The second-order valence-electron chi connectivity index (χ2n) is 4.19. The van der Waals surface area contributed by atoms with Gasteiger partial charge in [0, 0.05) is 23.8 Å². The van der Waals surface area contributed by atoms with Crippen LogP contribution in [0, 0.1) is 0 Å². The Morgan fingerprint density at radius 1 is 1.40 bits per heavy atom. The zero-order valence-corrected chi connectivity index (χ0v) is 12.4. The van der Waals surface area contributed by atoms with Crippen LogP contribution in [0.2, 0.25) is 0 Å². The van der Waals surface area contributed by atoms with E-state index in [1.54, 1.807) is 25.2 Å². The van der Waals surface area contributed by atoms with Crippen LogP contribution in [0.3, 0.4) is 0 Å². The van der Waals surface area contributed by atoms with Gasteiger partial charge in [-0.2, -0.15) is 0 Å². The number of rotatable bonds is 4. The van der Waals surface area contributed by atoms with Crippen LogP contribution >= 0.6 is 21.8 Å². The predicted octanol–water partition coefficient (Wildman–Crippen LogP) is 2.33. The fraction of sp³-hybridized carbons (Fsp3) is 0.308. The molecule has 2 amide bonds. The van der Waals surface area contributed by atoms with Gasteiger partial charge in [0.05, 0.1) is 10.8 Å². The lowest BCUT2D eigenvalue weighted by atomic mass is 9.98. The zero-order valence-electron chi connectivity index (χ0n) is 10.7. The Morgan fingerprint density at radius 2 is 2.05 bits per heavy atom. The number of nitrogens with zero attached hydrogens (tertiary/aromatic N) is 1. The molecule has 0 aromatic heterocycles. The number of hydrogen-bond acceptors (Lipinski definition) is 5. The van der Waals surface area contributed by atoms with E-state index in [0.717, 1.165) is 15.3 Å². The molecule has 1 aliphatic heterocycles. The summed E-state index contributed by atoms with van der Waals surface area (Å²) in [5.41, 5.74) is 0.920. The molecule has 1 atom stereocenters. The summed E-state index contributed by atoms with van der Waals surface area (Å²) in [6.45, 7) is 1.77. The van der Waals surface area contributed by atoms with Crippen LogP contribution in [0.15, 0.2) is 35.5 Å². The van der Waals surface area contributed by atoms with Crippen LogP contribution < -0.4 is 0 Å². The number of hydrogen-bond donors (Lipinski definition) is 1. The fourth-order valence-corrected chi connectivity index (χ4v) is 4.52. The second-order valence-corrected chi connectivity index (χ2v) is 6.43. The van der Waals surface area contributed by atoms with Gasteiger partial charge in [-0.1, -0.05) is 29.0 Å². The number of amides is 2. The molecule has 1 aliphatic carbocycles. The minimum Gasteiger partial charge on any atom is -0.478 e. The summed E-state index contributed by atoms with van der Waals surface area (Å²) in [6, 6.07) is 0. The number of aliphatic carboxylic acids is 1. The molecule has 5 nitrogen and oxygen atoms in total. The molecule has 1 unspecified atom stereocenters. The third kappa shape index (κ3) is 2.99. The van der Waals surface area contributed by atoms with E-state index >= 15 is 0 Å². The number of carboxylic acids is 1. The maximum absolute atomic E-state index is 11.5. The third-order valence-corrected chi connectivity index (χ3v) is 5.52. The zero-order chi connectivity index (χ0) is 14.7. The Morgan fingerprint density at radius 3 is 2.60 bits per heavy atom. The summed E-state index contributed by atoms with van der Waals surface area (Å²) < 4.78 is 1.16. The van der Waals surface area contributed by atoms with Crippen LogP contribution in [0.1, 0.15) is 19.8 Å². The van der Waals surface area contributed by atoms with Crippen molar-refractivity contribution >= 4 is 39.6 Å². The molecular formula is C13H13NO4S2. The maximum Gasteiger partial charge on any atom is 0.336 e. The Kier molecular flexibility index (Phi) is 4.72. The number of carbonyl (C=O) groups is 3. The number of carbonyl (C=O) groups excluding carboxylic acids is 2. The summed E-state index contributed by atoms with van der Waals surface area (Å²) >= 11 is 0. The van der Waals surface area contributed by atoms with E-state index in [2.05, 4.69) is 0 Å². The van der Waals surface area contributed by atoms with E-state index in [-0.39, 0.29) is 35.5 Å². The molecule has 2 aliphatic rings. The van der Waals surface area contributed by atoms with Gasteiger partial charge in [0.1, 0.15) is 0 Å². The molecule has 2 rings (SSSR count). The summed E-state index contributed by atoms with van der Waals surface area (Å²) in [6.07, 6.45) is 7.33. The summed E-state index contributed by atoms with van der Waals surface area (Å²) in [5, 5.41) is 8.95. The van der Waals surface area contributed by atoms with Gasteiger partial charge in [0.15, 0.2) is 0 Å². The fourth-order valence-electron chi connectivity index (χ4n) is 1.93. The molecule has 7 heteroatoms. The van der Waals surface area contributed by atoms with Crippen LogP contribution in [0.5, 0.6) is 0 Å². The van der Waals surface area contributed by atoms with Gasteiger partial charge < -0.3 is 5.11 Å². The topological polar surface area (TPSA) is 74.7 Å². The van der Waals surface area contributed by atoms with Crippen molar-refractivity contribution in [2.75, 3.05) is 0 Å². The lowest BCUT2D eigenvalue weighted by molar-refractivity contribution is -0.133. The van der Waals surface area contributed by atoms with Crippen LogP contribution in [0.25, 0.3) is 0 Å². The molecule has 1 heterocycles. The first-order valence-corrected chi connectivity index (χ1v) is 8.19. The lowest BCUT2D eigenvalue weighted by Crippen LogP contribution is -2.21. The number of allylic oxidation sites excluding steroid dienone is 3. The molecule has 0 spiro atoms. The Hall–Kier alpha value is -1.47. The monoisotopic (exact) mass is 311 g/mol. The van der Waals surface area contributed by atoms with Gasteiger partial charge in [-0.25, -0.2) is 9.10 Å². The van der Waals surface area contributed by atoms with Gasteiger partial charge in [-0.15, -0.1) is 0 Å². The van der Waals surface area contributed by atoms with Crippen LogP contribution in [-0.2, 0) is 14.4 Å². The smallest absolute Gasteiger partial charge is 0.336 e. The van der Waals surface area contributed by atoms with Crippen molar-refractivity contribution in [3.8, 4) is 0 Å². The molecule has 20 heavy (non-hydrogen) atoms. The summed E-state index contributed by atoms with van der Waals surface area (Å²) in [7, 11) is 2.38. The Bertz CT molecular complexity index is 535. The largest absolute Gasteiger partial charge is 0.478 e. The van der Waals surface area contributed by atoms with Crippen molar-refractivity contribution in [1.29, 1.82) is 0 Å². The summed E-state index contributed by atoms with van der Waals surface area (Å²) in [5.74, 6) is -1.36. The lowest BCUT2D eigenvalue weighted by Gasteiger charge is -2.21. The highest BCUT2D eigenvalue weighted by Gasteiger charge is 2.32. The maximum atomic E-state index is 11.5. The van der Waals surface area contributed by atoms with Crippen molar-refractivity contribution in [2.24, 2.45) is 0 Å². The molecular weight excluding hydrogens is 298 g/mol. The van der Waals surface area contributed by atoms with Gasteiger partial charge >= 0.3 is 5.97 Å². The molecule has 0 aromatic carbocycles. The quantitative estimate of drug-likeness (QED) is 0.488. The average Bonchev–Trinajstić information content (AvgIpc) is 2.75. The normalized spacial score (nSPS) is 24.4. The summed E-state index contributed by atoms with van der Waals surface area (Å²) in [4.78, 5) is 34.2. The Labute approximate surface area is 124 Å². The van der Waals surface area contributed by atoms with Crippen molar-refractivity contribution in [1.82, 2.24) is 4.31 Å². The predicted molar refractivity (Wildman–Crippen MR) is 78.7 cm³/mol. The molecule has 0 bridgehead atoms. The van der Waals surface area contributed by atoms with Crippen molar-refractivity contribution in [3.63, 3.8) is 0 Å².